The molecule has 0 atom stereocenters. The fourth-order valence-electron chi connectivity index (χ4n) is 4.00. The van der Waals surface area contributed by atoms with Gasteiger partial charge in [-0.05, 0) is 96.0 Å². The molecular formula is C30H26BrN3O8. The van der Waals surface area contributed by atoms with E-state index in [1.54, 1.807) is 68.5 Å². The number of carbonyl (C=O) groups excluding carboxylic acids is 3. The van der Waals surface area contributed by atoms with Gasteiger partial charge < -0.3 is 24.6 Å². The van der Waals surface area contributed by atoms with Crippen molar-refractivity contribution in [2.75, 3.05) is 30.6 Å². The Balaban J connectivity index is 1.46. The van der Waals surface area contributed by atoms with E-state index in [9.17, 15) is 24.3 Å². The predicted octanol–water partition coefficient (Wildman–Crippen LogP) is 5.16. The van der Waals surface area contributed by atoms with Gasteiger partial charge in [-0.25, -0.2) is 9.59 Å². The molecule has 11 nitrogen and oxygen atoms in total. The molecule has 1 aliphatic heterocycles. The van der Waals surface area contributed by atoms with Crippen LogP contribution in [0, 0.1) is 0 Å². The molecular weight excluding hydrogens is 610 g/mol. The van der Waals surface area contributed by atoms with Gasteiger partial charge in [-0.1, -0.05) is 6.07 Å². The molecule has 42 heavy (non-hydrogen) atoms. The molecule has 0 bridgehead atoms. The second kappa shape index (κ2) is 13.1. The first-order valence-corrected chi connectivity index (χ1v) is 13.4. The number of aromatic carboxylic acids is 1. The van der Waals surface area contributed by atoms with E-state index in [0.29, 0.717) is 44.0 Å². The molecule has 1 heterocycles. The zero-order valence-electron chi connectivity index (χ0n) is 22.8. The van der Waals surface area contributed by atoms with Crippen molar-refractivity contribution in [3.8, 4) is 11.5 Å². The van der Waals surface area contributed by atoms with Gasteiger partial charge >= 0.3 is 11.9 Å². The van der Waals surface area contributed by atoms with Crippen molar-refractivity contribution in [3.05, 3.63) is 87.4 Å². The second-order valence-corrected chi connectivity index (χ2v) is 9.74. The highest BCUT2D eigenvalue weighted by Crippen LogP contribution is 2.38. The highest BCUT2D eigenvalue weighted by atomic mass is 79.9. The number of benzene rings is 3. The molecule has 0 radical (unpaired) electrons. The molecule has 3 aromatic rings. The lowest BCUT2D eigenvalue weighted by molar-refractivity contribution is -0.118. The summed E-state index contributed by atoms with van der Waals surface area (Å²) in [5.74, 6) is -1.82. The Bertz CT molecular complexity index is 1620. The molecule has 0 aliphatic carbocycles. The van der Waals surface area contributed by atoms with Gasteiger partial charge in [0.25, 0.3) is 11.8 Å². The summed E-state index contributed by atoms with van der Waals surface area (Å²) >= 11 is 3.45. The summed E-state index contributed by atoms with van der Waals surface area (Å²) < 4.78 is 16.6. The van der Waals surface area contributed by atoms with E-state index >= 15 is 0 Å². The van der Waals surface area contributed by atoms with E-state index in [-0.39, 0.29) is 24.5 Å². The van der Waals surface area contributed by atoms with Crippen LogP contribution in [0.5, 0.6) is 11.5 Å². The lowest BCUT2D eigenvalue weighted by atomic mass is 10.1. The number of nitrogens with one attached hydrogen (secondary N) is 1. The average Bonchev–Trinajstić information content (AvgIpc) is 3.25. The molecule has 0 aromatic heterocycles. The van der Waals surface area contributed by atoms with Gasteiger partial charge in [0.1, 0.15) is 0 Å². The quantitative estimate of drug-likeness (QED) is 0.230. The highest BCUT2D eigenvalue weighted by Gasteiger charge is 2.29. The molecule has 0 spiro atoms. The van der Waals surface area contributed by atoms with Crippen molar-refractivity contribution in [2.45, 2.75) is 13.8 Å². The second-order valence-electron chi connectivity index (χ2n) is 8.88. The molecule has 216 valence electrons. The first-order valence-electron chi connectivity index (χ1n) is 12.6. The zero-order chi connectivity index (χ0) is 30.4. The van der Waals surface area contributed by atoms with Gasteiger partial charge in [-0.3, -0.25) is 9.59 Å². The van der Waals surface area contributed by atoms with Crippen molar-refractivity contribution >= 4 is 62.8 Å². The van der Waals surface area contributed by atoms with Gasteiger partial charge in [0.2, 0.25) is 0 Å². The van der Waals surface area contributed by atoms with Crippen LogP contribution >= 0.6 is 15.9 Å². The normalized spacial score (nSPS) is 13.5. The van der Waals surface area contributed by atoms with Crippen LogP contribution in [0.1, 0.15) is 40.1 Å². The molecule has 0 saturated carbocycles. The minimum Gasteiger partial charge on any atom is -0.493 e. The lowest BCUT2D eigenvalue weighted by Crippen LogP contribution is -2.21. The first kappa shape index (κ1) is 30.0. The summed E-state index contributed by atoms with van der Waals surface area (Å²) in [6.45, 7) is 3.33. The third-order valence-corrected chi connectivity index (χ3v) is 6.58. The standard InChI is InChI=1S/C30H26BrN3O8/c1-4-41-30(39)19-8-10-21(11-9-19)32-26(35)16-42-27-24(31)13-18(14-25(27)40-3)12-23-17(2)33-34(28(23)36)22-7-5-6-20(15-22)29(37)38/h5-15H,4,16H2,1-3H3,(H,32,35)(H,37,38)/b23-12+. The summed E-state index contributed by atoms with van der Waals surface area (Å²) in [5.41, 5.74) is 2.57. The van der Waals surface area contributed by atoms with E-state index in [2.05, 4.69) is 26.3 Å². The number of hydrogen-bond acceptors (Lipinski definition) is 8. The Morgan fingerprint density at radius 1 is 1.07 bits per heavy atom. The number of halogens is 1. The molecule has 3 aromatic carbocycles. The molecule has 2 N–H and O–H groups in total. The number of carboxylic acid groups (broad SMARTS) is 1. The maximum absolute atomic E-state index is 13.2. The van der Waals surface area contributed by atoms with Crippen molar-refractivity contribution in [1.29, 1.82) is 0 Å². The van der Waals surface area contributed by atoms with Gasteiger partial charge in [0.05, 0.1) is 46.3 Å². The van der Waals surface area contributed by atoms with E-state index in [1.165, 1.54) is 19.2 Å². The number of hydrogen-bond donors (Lipinski definition) is 2. The average molecular weight is 636 g/mol. The number of methoxy groups -OCH3 is 1. The number of hydrazone groups is 1. The summed E-state index contributed by atoms with van der Waals surface area (Å²) in [7, 11) is 1.45. The zero-order valence-corrected chi connectivity index (χ0v) is 24.4. The Hall–Kier alpha value is -4.97. The van der Waals surface area contributed by atoms with Crippen LogP contribution in [-0.4, -0.2) is 54.9 Å². The maximum atomic E-state index is 13.2. The monoisotopic (exact) mass is 635 g/mol. The van der Waals surface area contributed by atoms with Crippen LogP contribution < -0.4 is 19.8 Å². The van der Waals surface area contributed by atoms with Crippen LogP contribution in [0.15, 0.2) is 75.8 Å². The maximum Gasteiger partial charge on any atom is 0.338 e. The largest absolute Gasteiger partial charge is 0.493 e. The number of esters is 1. The topological polar surface area (TPSA) is 144 Å². The van der Waals surface area contributed by atoms with Crippen LogP contribution in [0.25, 0.3) is 6.08 Å². The molecule has 0 fully saturated rings. The Morgan fingerprint density at radius 2 is 1.81 bits per heavy atom. The third kappa shape index (κ3) is 6.84. The number of rotatable bonds is 10. The summed E-state index contributed by atoms with van der Waals surface area (Å²) in [6.07, 6.45) is 1.63. The van der Waals surface area contributed by atoms with E-state index in [1.807, 2.05) is 0 Å². The van der Waals surface area contributed by atoms with Crippen LogP contribution in [0.3, 0.4) is 0 Å². The van der Waals surface area contributed by atoms with Crippen molar-refractivity contribution in [1.82, 2.24) is 0 Å². The van der Waals surface area contributed by atoms with E-state index < -0.39 is 23.8 Å². The van der Waals surface area contributed by atoms with Gasteiger partial charge in [0.15, 0.2) is 18.1 Å². The Kier molecular flexibility index (Phi) is 9.38. The first-order chi connectivity index (χ1) is 20.1. The van der Waals surface area contributed by atoms with Crippen LogP contribution in [0.2, 0.25) is 0 Å². The number of carbonyl (C=O) groups is 4. The fraction of sp³-hybridized carbons (Fsp3) is 0.167. The molecule has 2 amide bonds. The van der Waals surface area contributed by atoms with Crippen LogP contribution in [0.4, 0.5) is 11.4 Å². The van der Waals surface area contributed by atoms with Crippen molar-refractivity contribution in [3.63, 3.8) is 0 Å². The number of amides is 2. The highest BCUT2D eigenvalue weighted by molar-refractivity contribution is 9.10. The van der Waals surface area contributed by atoms with Crippen molar-refractivity contribution in [2.24, 2.45) is 5.10 Å². The predicted molar refractivity (Wildman–Crippen MR) is 159 cm³/mol. The van der Waals surface area contributed by atoms with Gasteiger partial charge in [-0.2, -0.15) is 10.1 Å². The minimum absolute atomic E-state index is 0.0374. The molecule has 4 rings (SSSR count). The molecule has 1 aliphatic rings. The Labute approximate surface area is 249 Å². The van der Waals surface area contributed by atoms with Crippen molar-refractivity contribution < 1.29 is 38.5 Å². The summed E-state index contributed by atoms with van der Waals surface area (Å²) in [4.78, 5) is 48.8. The van der Waals surface area contributed by atoms with Crippen LogP contribution in [-0.2, 0) is 14.3 Å². The Morgan fingerprint density at radius 3 is 2.48 bits per heavy atom. The third-order valence-electron chi connectivity index (χ3n) is 5.99. The summed E-state index contributed by atoms with van der Waals surface area (Å²) in [6, 6.07) is 15.6. The minimum atomic E-state index is -1.11. The number of nitrogens with zero attached hydrogens (tertiary/aromatic N) is 2. The lowest BCUT2D eigenvalue weighted by Gasteiger charge is -2.14. The summed E-state index contributed by atoms with van der Waals surface area (Å²) in [5, 5.41) is 17.4. The van der Waals surface area contributed by atoms with E-state index in [0.717, 1.165) is 5.01 Å². The van der Waals surface area contributed by atoms with E-state index in [4.69, 9.17) is 14.2 Å². The van der Waals surface area contributed by atoms with Gasteiger partial charge in [0, 0.05) is 5.69 Å². The smallest absolute Gasteiger partial charge is 0.338 e. The number of carboxylic acids is 1. The molecule has 0 unspecified atom stereocenters. The molecule has 12 heteroatoms. The molecule has 0 saturated heterocycles. The SMILES string of the molecule is CCOC(=O)c1ccc(NC(=O)COc2c(Br)cc(/C=C3/C(=O)N(c4cccc(C(=O)O)c4)N=C3C)cc2OC)cc1. The fourth-order valence-corrected chi connectivity index (χ4v) is 4.57. The van der Waals surface area contributed by atoms with Gasteiger partial charge in [-0.15, -0.1) is 0 Å². The number of anilines is 2. The number of ether oxygens (including phenoxy) is 3.